The van der Waals surface area contributed by atoms with E-state index >= 15 is 0 Å². The molecule has 1 aliphatic rings. The van der Waals surface area contributed by atoms with Crippen molar-refractivity contribution in [3.05, 3.63) is 41.4 Å². The van der Waals surface area contributed by atoms with Crippen molar-refractivity contribution < 1.29 is 14.4 Å². The maximum absolute atomic E-state index is 12.5. The van der Waals surface area contributed by atoms with Gasteiger partial charge in [0.2, 0.25) is 5.91 Å². The number of piperazine rings is 1. The summed E-state index contributed by atoms with van der Waals surface area (Å²) in [5.74, 6) is -0.178. The van der Waals surface area contributed by atoms with Crippen LogP contribution in [0.3, 0.4) is 0 Å². The van der Waals surface area contributed by atoms with Gasteiger partial charge in [-0.2, -0.15) is 0 Å². The lowest BCUT2D eigenvalue weighted by molar-refractivity contribution is -0.130. The Bertz CT molecular complexity index is 800. The highest BCUT2D eigenvalue weighted by molar-refractivity contribution is 7.14. The second-order valence-electron chi connectivity index (χ2n) is 5.78. The highest BCUT2D eigenvalue weighted by atomic mass is 32.1. The van der Waals surface area contributed by atoms with Crippen LogP contribution in [0.5, 0.6) is 0 Å². The Hall–Kier alpha value is -2.94. The summed E-state index contributed by atoms with van der Waals surface area (Å²) in [6.45, 7) is 3.53. The molecule has 1 aromatic heterocycles. The summed E-state index contributed by atoms with van der Waals surface area (Å²) < 4.78 is 0. The van der Waals surface area contributed by atoms with Crippen molar-refractivity contribution in [3.8, 4) is 0 Å². The first-order chi connectivity index (χ1) is 12.5. The highest BCUT2D eigenvalue weighted by Crippen LogP contribution is 2.18. The first-order valence-corrected chi connectivity index (χ1v) is 9.04. The van der Waals surface area contributed by atoms with Crippen molar-refractivity contribution in [1.29, 1.82) is 0 Å². The van der Waals surface area contributed by atoms with Gasteiger partial charge in [-0.1, -0.05) is 18.2 Å². The zero-order chi connectivity index (χ0) is 18.5. The molecule has 2 N–H and O–H groups in total. The van der Waals surface area contributed by atoms with Gasteiger partial charge in [0, 0.05) is 44.2 Å². The van der Waals surface area contributed by atoms with Crippen LogP contribution in [0.15, 0.2) is 35.7 Å². The molecule has 26 heavy (non-hydrogen) atoms. The quantitative estimate of drug-likeness (QED) is 0.861. The van der Waals surface area contributed by atoms with Crippen LogP contribution in [0.1, 0.15) is 17.4 Å². The van der Waals surface area contributed by atoms with Crippen LogP contribution >= 0.6 is 11.3 Å². The fourth-order valence-corrected chi connectivity index (χ4v) is 3.28. The molecule has 8 nitrogen and oxygen atoms in total. The first kappa shape index (κ1) is 17.9. The van der Waals surface area contributed by atoms with Crippen LogP contribution in [0, 0.1) is 0 Å². The van der Waals surface area contributed by atoms with E-state index in [2.05, 4.69) is 15.6 Å². The SMILES string of the molecule is CC(=O)N1CCN(C(=O)c2csc(NC(=O)Nc3ccccc3)n2)CC1. The molecule has 1 fully saturated rings. The number of hydrogen-bond donors (Lipinski definition) is 2. The predicted molar refractivity (Wildman–Crippen MR) is 99.4 cm³/mol. The Morgan fingerprint density at radius 1 is 1.00 bits per heavy atom. The number of anilines is 2. The number of rotatable bonds is 3. The van der Waals surface area contributed by atoms with E-state index in [4.69, 9.17) is 0 Å². The lowest BCUT2D eigenvalue weighted by Crippen LogP contribution is -2.50. The van der Waals surface area contributed by atoms with Crippen LogP contribution in [-0.4, -0.2) is 58.8 Å². The standard InChI is InChI=1S/C17H19N5O3S/c1-12(23)21-7-9-22(10-8-21)15(24)14-11-26-17(19-14)20-16(25)18-13-5-3-2-4-6-13/h2-6,11H,7-10H2,1H3,(H2,18,19,20,25). The van der Waals surface area contributed by atoms with E-state index in [1.807, 2.05) is 18.2 Å². The number of carbonyl (C=O) groups is 3. The molecule has 1 saturated heterocycles. The maximum atomic E-state index is 12.5. The van der Waals surface area contributed by atoms with Gasteiger partial charge in [-0.3, -0.25) is 14.9 Å². The van der Waals surface area contributed by atoms with Crippen molar-refractivity contribution in [1.82, 2.24) is 14.8 Å². The van der Waals surface area contributed by atoms with Crippen molar-refractivity contribution in [3.63, 3.8) is 0 Å². The number of benzene rings is 1. The van der Waals surface area contributed by atoms with Gasteiger partial charge in [0.05, 0.1) is 0 Å². The number of aromatic nitrogens is 1. The Kier molecular flexibility index (Phi) is 5.47. The zero-order valence-corrected chi connectivity index (χ0v) is 15.1. The fraction of sp³-hybridized carbons (Fsp3) is 0.294. The smallest absolute Gasteiger partial charge is 0.325 e. The third kappa shape index (κ3) is 4.37. The fourth-order valence-electron chi connectivity index (χ4n) is 2.60. The molecule has 4 amide bonds. The van der Waals surface area contributed by atoms with Gasteiger partial charge in [0.1, 0.15) is 5.69 Å². The van der Waals surface area contributed by atoms with Crippen molar-refractivity contribution in [2.45, 2.75) is 6.92 Å². The number of amides is 4. The first-order valence-electron chi connectivity index (χ1n) is 8.16. The summed E-state index contributed by atoms with van der Waals surface area (Å²) in [7, 11) is 0. The molecule has 3 rings (SSSR count). The van der Waals surface area contributed by atoms with Crippen LogP contribution in [0.4, 0.5) is 15.6 Å². The molecule has 0 bridgehead atoms. The molecule has 0 radical (unpaired) electrons. The van der Waals surface area contributed by atoms with E-state index in [1.54, 1.807) is 27.3 Å². The molecule has 0 unspecified atom stereocenters. The zero-order valence-electron chi connectivity index (χ0n) is 14.3. The minimum atomic E-state index is -0.417. The molecule has 0 atom stereocenters. The summed E-state index contributed by atoms with van der Waals surface area (Å²) in [5, 5.41) is 7.29. The highest BCUT2D eigenvalue weighted by Gasteiger charge is 2.25. The molecular formula is C17H19N5O3S. The Balaban J connectivity index is 1.55. The number of nitrogens with zero attached hydrogens (tertiary/aromatic N) is 3. The lowest BCUT2D eigenvalue weighted by atomic mass is 10.3. The van der Waals surface area contributed by atoms with Crippen molar-refractivity contribution in [2.24, 2.45) is 0 Å². The average molecular weight is 373 g/mol. The molecule has 1 aliphatic heterocycles. The van der Waals surface area contributed by atoms with Crippen LogP contribution in [-0.2, 0) is 4.79 Å². The molecule has 2 heterocycles. The number of carbonyl (C=O) groups excluding carboxylic acids is 3. The molecule has 2 aromatic rings. The largest absolute Gasteiger partial charge is 0.339 e. The average Bonchev–Trinajstić information content (AvgIpc) is 3.10. The van der Waals surface area contributed by atoms with Gasteiger partial charge >= 0.3 is 6.03 Å². The normalized spacial score (nSPS) is 14.0. The summed E-state index contributed by atoms with van der Waals surface area (Å²) in [6, 6.07) is 8.63. The van der Waals surface area contributed by atoms with E-state index in [-0.39, 0.29) is 11.8 Å². The Morgan fingerprint density at radius 3 is 2.31 bits per heavy atom. The van der Waals surface area contributed by atoms with Crippen LogP contribution < -0.4 is 10.6 Å². The molecular weight excluding hydrogens is 354 g/mol. The molecule has 9 heteroatoms. The lowest BCUT2D eigenvalue weighted by Gasteiger charge is -2.33. The maximum Gasteiger partial charge on any atom is 0.325 e. The van der Waals surface area contributed by atoms with Crippen LogP contribution in [0.25, 0.3) is 0 Å². The number of urea groups is 1. The van der Waals surface area contributed by atoms with E-state index in [0.29, 0.717) is 42.7 Å². The Labute approximate surface area is 154 Å². The topological polar surface area (TPSA) is 94.6 Å². The second-order valence-corrected chi connectivity index (χ2v) is 6.64. The van der Waals surface area contributed by atoms with Gasteiger partial charge in [0.25, 0.3) is 5.91 Å². The number of para-hydroxylation sites is 1. The molecule has 136 valence electrons. The van der Waals surface area contributed by atoms with Gasteiger partial charge in [0.15, 0.2) is 5.13 Å². The molecule has 0 aliphatic carbocycles. The molecule has 0 saturated carbocycles. The molecule has 1 aromatic carbocycles. The van der Waals surface area contributed by atoms with E-state index in [9.17, 15) is 14.4 Å². The summed E-state index contributed by atoms with van der Waals surface area (Å²) >= 11 is 1.19. The van der Waals surface area contributed by atoms with Crippen LogP contribution in [0.2, 0.25) is 0 Å². The van der Waals surface area contributed by atoms with Crippen molar-refractivity contribution in [2.75, 3.05) is 36.8 Å². The summed E-state index contributed by atoms with van der Waals surface area (Å²) in [4.78, 5) is 43.4. The number of thiazole rings is 1. The Morgan fingerprint density at radius 2 is 1.65 bits per heavy atom. The monoisotopic (exact) mass is 373 g/mol. The number of hydrogen-bond acceptors (Lipinski definition) is 5. The minimum Gasteiger partial charge on any atom is -0.339 e. The number of nitrogens with one attached hydrogen (secondary N) is 2. The van der Waals surface area contributed by atoms with E-state index in [0.717, 1.165) is 0 Å². The van der Waals surface area contributed by atoms with E-state index < -0.39 is 6.03 Å². The van der Waals surface area contributed by atoms with Crippen molar-refractivity contribution >= 4 is 40.0 Å². The summed E-state index contributed by atoms with van der Waals surface area (Å²) in [5.41, 5.74) is 0.961. The van der Waals surface area contributed by atoms with Gasteiger partial charge < -0.3 is 15.1 Å². The van der Waals surface area contributed by atoms with E-state index in [1.165, 1.54) is 18.3 Å². The summed E-state index contributed by atoms with van der Waals surface area (Å²) in [6.07, 6.45) is 0. The van der Waals surface area contributed by atoms with Gasteiger partial charge in [-0.25, -0.2) is 9.78 Å². The van der Waals surface area contributed by atoms with Gasteiger partial charge in [-0.05, 0) is 12.1 Å². The minimum absolute atomic E-state index is 0.0154. The third-order valence-corrected chi connectivity index (χ3v) is 4.75. The third-order valence-electron chi connectivity index (χ3n) is 3.99. The predicted octanol–water partition coefficient (Wildman–Crippen LogP) is 2.09. The van der Waals surface area contributed by atoms with Gasteiger partial charge in [-0.15, -0.1) is 11.3 Å². The molecule has 0 spiro atoms. The second kappa shape index (κ2) is 7.96.